The van der Waals surface area contributed by atoms with Gasteiger partial charge in [0.15, 0.2) is 0 Å². The van der Waals surface area contributed by atoms with Crippen molar-refractivity contribution >= 4 is 12.0 Å². The van der Waals surface area contributed by atoms with Gasteiger partial charge in [-0.2, -0.15) is 0 Å². The third-order valence-electron chi connectivity index (χ3n) is 3.82. The number of carbonyl (C=O) groups is 2. The lowest BCUT2D eigenvalue weighted by Gasteiger charge is -2.33. The van der Waals surface area contributed by atoms with Crippen LogP contribution in [0.3, 0.4) is 0 Å². The van der Waals surface area contributed by atoms with E-state index in [0.29, 0.717) is 12.5 Å². The summed E-state index contributed by atoms with van der Waals surface area (Å²) in [4.78, 5) is 24.7. The number of likely N-dealkylation sites (tertiary alicyclic amines) is 1. The van der Waals surface area contributed by atoms with Crippen LogP contribution in [0.5, 0.6) is 0 Å². The number of piperidine rings is 1. The molecule has 1 aliphatic heterocycles. The lowest BCUT2D eigenvalue weighted by atomic mass is 9.95. The fraction of sp³-hybridized carbons (Fsp3) is 0.867. The van der Waals surface area contributed by atoms with Crippen LogP contribution >= 0.6 is 0 Å². The summed E-state index contributed by atoms with van der Waals surface area (Å²) in [7, 11) is 0. The first-order valence-corrected chi connectivity index (χ1v) is 7.65. The Balaban J connectivity index is 2.36. The zero-order valence-electron chi connectivity index (χ0n) is 12.9. The van der Waals surface area contributed by atoms with E-state index < -0.39 is 5.97 Å². The average Bonchev–Trinajstić information content (AvgIpc) is 2.36. The normalized spacial score (nSPS) is 20.8. The monoisotopic (exact) mass is 284 g/mol. The molecule has 1 rings (SSSR count). The number of hydrogen-bond acceptors (Lipinski definition) is 2. The highest BCUT2D eigenvalue weighted by molar-refractivity contribution is 5.74. The molecule has 0 saturated carbocycles. The molecule has 20 heavy (non-hydrogen) atoms. The Bertz CT molecular complexity index is 331. The van der Waals surface area contributed by atoms with E-state index in [0.717, 1.165) is 32.2 Å². The van der Waals surface area contributed by atoms with E-state index in [9.17, 15) is 9.59 Å². The molecule has 1 saturated heterocycles. The van der Waals surface area contributed by atoms with E-state index in [1.807, 2.05) is 6.92 Å². The maximum absolute atomic E-state index is 12.2. The Labute approximate surface area is 121 Å². The first-order chi connectivity index (χ1) is 9.38. The number of hydrogen-bond donors (Lipinski definition) is 2. The highest BCUT2D eigenvalue weighted by Gasteiger charge is 2.25. The lowest BCUT2D eigenvalue weighted by Crippen LogP contribution is -2.48. The number of aliphatic carboxylic acids is 1. The Morgan fingerprint density at radius 3 is 2.60 bits per heavy atom. The van der Waals surface area contributed by atoms with Crippen molar-refractivity contribution in [3.8, 4) is 0 Å². The van der Waals surface area contributed by atoms with Gasteiger partial charge >= 0.3 is 12.0 Å². The summed E-state index contributed by atoms with van der Waals surface area (Å²) in [6.07, 6.45) is 4.04. The largest absolute Gasteiger partial charge is 0.481 e. The van der Waals surface area contributed by atoms with E-state index >= 15 is 0 Å². The zero-order valence-corrected chi connectivity index (χ0v) is 12.9. The van der Waals surface area contributed by atoms with Crippen LogP contribution in [0.4, 0.5) is 4.79 Å². The molecular weight excluding hydrogens is 256 g/mol. The van der Waals surface area contributed by atoms with Crippen molar-refractivity contribution in [2.45, 2.75) is 58.9 Å². The Morgan fingerprint density at radius 2 is 2.00 bits per heavy atom. The number of carbonyl (C=O) groups excluding carboxylic acids is 1. The first kappa shape index (κ1) is 16.8. The van der Waals surface area contributed by atoms with Crippen LogP contribution < -0.4 is 5.32 Å². The van der Waals surface area contributed by atoms with Gasteiger partial charge in [-0.25, -0.2) is 4.79 Å². The van der Waals surface area contributed by atoms with Crippen LogP contribution in [0, 0.1) is 11.8 Å². The van der Waals surface area contributed by atoms with E-state index in [4.69, 9.17) is 5.11 Å². The number of nitrogens with one attached hydrogen (secondary N) is 1. The Hall–Kier alpha value is -1.26. The van der Waals surface area contributed by atoms with Crippen LogP contribution in [0.25, 0.3) is 0 Å². The van der Waals surface area contributed by atoms with Gasteiger partial charge in [-0.15, -0.1) is 0 Å². The summed E-state index contributed by atoms with van der Waals surface area (Å²) in [6.45, 7) is 7.68. The number of carboxylic acid groups (broad SMARTS) is 1. The third-order valence-corrected chi connectivity index (χ3v) is 3.82. The second-order valence-corrected chi connectivity index (χ2v) is 6.37. The molecule has 116 valence electrons. The van der Waals surface area contributed by atoms with Crippen LogP contribution in [0.1, 0.15) is 52.9 Å². The molecule has 0 aromatic rings. The van der Waals surface area contributed by atoms with E-state index in [1.165, 1.54) is 0 Å². The Kier molecular flexibility index (Phi) is 6.82. The van der Waals surface area contributed by atoms with Gasteiger partial charge in [-0.3, -0.25) is 4.79 Å². The number of carboxylic acids is 1. The number of rotatable bonds is 6. The maximum Gasteiger partial charge on any atom is 0.317 e. The van der Waals surface area contributed by atoms with Gasteiger partial charge in [0.25, 0.3) is 0 Å². The van der Waals surface area contributed by atoms with E-state index in [2.05, 4.69) is 19.2 Å². The predicted molar refractivity (Wildman–Crippen MR) is 78.6 cm³/mol. The van der Waals surface area contributed by atoms with Crippen molar-refractivity contribution in [2.24, 2.45) is 11.8 Å². The minimum Gasteiger partial charge on any atom is -0.481 e. The minimum absolute atomic E-state index is 0.0451. The summed E-state index contributed by atoms with van der Waals surface area (Å²) >= 11 is 0. The maximum atomic E-state index is 12.2. The number of nitrogens with zero attached hydrogens (tertiary/aromatic N) is 1. The summed E-state index contributed by atoms with van der Waals surface area (Å²) in [5.74, 6) is -0.0372. The molecule has 5 heteroatoms. The molecule has 5 nitrogen and oxygen atoms in total. The zero-order chi connectivity index (χ0) is 15.1. The molecule has 0 aromatic carbocycles. The number of amides is 2. The van der Waals surface area contributed by atoms with Gasteiger partial charge in [0.2, 0.25) is 0 Å². The molecule has 0 bridgehead atoms. The molecule has 0 aliphatic carbocycles. The molecule has 0 spiro atoms. The molecule has 2 atom stereocenters. The molecule has 1 aliphatic rings. The molecular formula is C15H28N2O3. The Morgan fingerprint density at radius 1 is 1.30 bits per heavy atom. The average molecular weight is 284 g/mol. The van der Waals surface area contributed by atoms with Gasteiger partial charge in [0, 0.05) is 25.6 Å². The summed E-state index contributed by atoms with van der Waals surface area (Å²) in [6, 6.07) is 0.126. The minimum atomic E-state index is -0.775. The fourth-order valence-electron chi connectivity index (χ4n) is 2.62. The SMILES string of the molecule is CC(C)CCC(C)NC(=O)N1CCCC(CC(=O)O)C1. The van der Waals surface area contributed by atoms with Crippen LogP contribution in [-0.2, 0) is 4.79 Å². The van der Waals surface area contributed by atoms with E-state index in [1.54, 1.807) is 4.90 Å². The van der Waals surface area contributed by atoms with Crippen molar-refractivity contribution in [3.05, 3.63) is 0 Å². The summed E-state index contributed by atoms with van der Waals surface area (Å²) in [5.41, 5.74) is 0. The van der Waals surface area contributed by atoms with Crippen molar-refractivity contribution < 1.29 is 14.7 Å². The molecule has 2 N–H and O–H groups in total. The van der Waals surface area contributed by atoms with Gasteiger partial charge < -0.3 is 15.3 Å². The molecule has 2 amide bonds. The van der Waals surface area contributed by atoms with Crippen LogP contribution in [0.2, 0.25) is 0 Å². The summed E-state index contributed by atoms with van der Waals surface area (Å²) in [5, 5.41) is 11.9. The molecule has 1 heterocycles. The van der Waals surface area contributed by atoms with Gasteiger partial charge in [0.05, 0.1) is 0 Å². The molecule has 2 unspecified atom stereocenters. The third kappa shape index (κ3) is 6.26. The second-order valence-electron chi connectivity index (χ2n) is 6.37. The van der Waals surface area contributed by atoms with Gasteiger partial charge in [-0.05, 0) is 44.4 Å². The first-order valence-electron chi connectivity index (χ1n) is 7.65. The van der Waals surface area contributed by atoms with Gasteiger partial charge in [0.1, 0.15) is 0 Å². The summed E-state index contributed by atoms with van der Waals surface area (Å²) < 4.78 is 0. The molecule has 0 aromatic heterocycles. The van der Waals surface area contributed by atoms with Crippen molar-refractivity contribution in [1.82, 2.24) is 10.2 Å². The quantitative estimate of drug-likeness (QED) is 0.788. The predicted octanol–water partition coefficient (Wildman–Crippen LogP) is 2.71. The van der Waals surface area contributed by atoms with Crippen molar-refractivity contribution in [2.75, 3.05) is 13.1 Å². The smallest absolute Gasteiger partial charge is 0.317 e. The van der Waals surface area contributed by atoms with Crippen molar-refractivity contribution in [1.29, 1.82) is 0 Å². The van der Waals surface area contributed by atoms with Gasteiger partial charge in [-0.1, -0.05) is 13.8 Å². The topological polar surface area (TPSA) is 69.6 Å². The molecule has 1 fully saturated rings. The molecule has 0 radical (unpaired) electrons. The lowest BCUT2D eigenvalue weighted by molar-refractivity contribution is -0.138. The fourth-order valence-corrected chi connectivity index (χ4v) is 2.62. The standard InChI is InChI=1S/C15H28N2O3/c1-11(2)6-7-12(3)16-15(20)17-8-4-5-13(10-17)9-14(18)19/h11-13H,4-10H2,1-3H3,(H,16,20)(H,18,19). The van der Waals surface area contributed by atoms with E-state index in [-0.39, 0.29) is 24.4 Å². The van der Waals surface area contributed by atoms with Crippen molar-refractivity contribution in [3.63, 3.8) is 0 Å². The van der Waals surface area contributed by atoms with Crippen LogP contribution in [-0.4, -0.2) is 41.1 Å². The van der Waals surface area contributed by atoms with Crippen LogP contribution in [0.15, 0.2) is 0 Å². The highest BCUT2D eigenvalue weighted by atomic mass is 16.4. The number of urea groups is 1. The highest BCUT2D eigenvalue weighted by Crippen LogP contribution is 2.19. The second kappa shape index (κ2) is 8.12.